The maximum Gasteiger partial charge on any atom is 0.170 e. The van der Waals surface area contributed by atoms with Gasteiger partial charge in [0.05, 0.1) is 6.10 Å². The normalized spacial score (nSPS) is 19.5. The van der Waals surface area contributed by atoms with Crippen LogP contribution in [0.1, 0.15) is 18.9 Å². The van der Waals surface area contributed by atoms with Crippen molar-refractivity contribution >= 4 is 5.82 Å². The number of rotatable bonds is 5. The highest BCUT2D eigenvalue weighted by atomic mass is 19.1. The monoisotopic (exact) mass is 253 g/mol. The summed E-state index contributed by atoms with van der Waals surface area (Å²) in [6.45, 7) is 4.88. The van der Waals surface area contributed by atoms with Gasteiger partial charge in [-0.05, 0) is 19.0 Å². The molecule has 1 fully saturated rings. The van der Waals surface area contributed by atoms with E-state index in [9.17, 15) is 4.39 Å². The fraction of sp³-hybridized carbons (Fsp3) is 0.615. The van der Waals surface area contributed by atoms with E-state index in [2.05, 4.69) is 10.3 Å². The highest BCUT2D eigenvalue weighted by molar-refractivity contribution is 5.44. The summed E-state index contributed by atoms with van der Waals surface area (Å²) in [6.07, 6.45) is 2.78. The Kier molecular flexibility index (Phi) is 4.49. The van der Waals surface area contributed by atoms with E-state index in [1.165, 1.54) is 0 Å². The lowest BCUT2D eigenvalue weighted by Gasteiger charge is -2.19. The topological polar surface area (TPSA) is 37.4 Å². The number of halogens is 1. The molecule has 1 saturated heterocycles. The van der Waals surface area contributed by atoms with Gasteiger partial charge < -0.3 is 15.0 Å². The number of pyridine rings is 1. The number of hydrogen-bond donors (Lipinski definition) is 1. The van der Waals surface area contributed by atoms with Crippen LogP contribution in [-0.2, 0) is 11.3 Å². The second-order valence-electron chi connectivity index (χ2n) is 4.48. The van der Waals surface area contributed by atoms with Crippen LogP contribution in [0.25, 0.3) is 0 Å². The first-order valence-electron chi connectivity index (χ1n) is 6.38. The van der Waals surface area contributed by atoms with Crippen LogP contribution in [0.5, 0.6) is 0 Å². The smallest absolute Gasteiger partial charge is 0.170 e. The number of anilines is 1. The summed E-state index contributed by atoms with van der Waals surface area (Å²) >= 11 is 0. The molecule has 0 bridgehead atoms. The zero-order valence-corrected chi connectivity index (χ0v) is 10.9. The standard InChI is InChI=1S/C13H20FN3O/c1-3-15-8-10-4-6-16-13(12(10)14)17-7-5-11(9-17)18-2/h4,6,11,15H,3,5,7-9H2,1-2H3. The minimum absolute atomic E-state index is 0.184. The van der Waals surface area contributed by atoms with Crippen LogP contribution in [-0.4, -0.2) is 37.8 Å². The molecule has 1 aliphatic rings. The fourth-order valence-corrected chi connectivity index (χ4v) is 2.20. The number of methoxy groups -OCH3 is 1. The van der Waals surface area contributed by atoms with Crippen LogP contribution < -0.4 is 10.2 Å². The van der Waals surface area contributed by atoms with Crippen molar-refractivity contribution in [2.24, 2.45) is 0 Å². The molecule has 1 aromatic rings. The molecule has 1 atom stereocenters. The summed E-state index contributed by atoms with van der Waals surface area (Å²) in [7, 11) is 1.69. The minimum atomic E-state index is -0.213. The third-order valence-electron chi connectivity index (χ3n) is 3.29. The number of nitrogens with one attached hydrogen (secondary N) is 1. The number of aromatic nitrogens is 1. The van der Waals surface area contributed by atoms with Gasteiger partial charge in [-0.2, -0.15) is 0 Å². The first-order valence-corrected chi connectivity index (χ1v) is 6.38. The maximum atomic E-state index is 14.3. The fourth-order valence-electron chi connectivity index (χ4n) is 2.20. The Morgan fingerprint density at radius 2 is 2.44 bits per heavy atom. The molecule has 0 spiro atoms. The zero-order valence-electron chi connectivity index (χ0n) is 10.9. The van der Waals surface area contributed by atoms with E-state index in [-0.39, 0.29) is 11.9 Å². The number of hydrogen-bond acceptors (Lipinski definition) is 4. The van der Waals surface area contributed by atoms with Crippen molar-refractivity contribution in [3.8, 4) is 0 Å². The molecular formula is C13H20FN3O. The highest BCUT2D eigenvalue weighted by Gasteiger charge is 2.25. The van der Waals surface area contributed by atoms with Crippen LogP contribution in [0.4, 0.5) is 10.2 Å². The summed E-state index contributed by atoms with van der Waals surface area (Å²) in [4.78, 5) is 6.12. The van der Waals surface area contributed by atoms with Gasteiger partial charge >= 0.3 is 0 Å². The van der Waals surface area contributed by atoms with Gasteiger partial charge in [-0.15, -0.1) is 0 Å². The third kappa shape index (κ3) is 2.79. The number of nitrogens with zero attached hydrogens (tertiary/aromatic N) is 2. The van der Waals surface area contributed by atoms with Crippen molar-refractivity contribution in [2.45, 2.75) is 26.0 Å². The van der Waals surface area contributed by atoms with Crippen LogP contribution in [0.2, 0.25) is 0 Å². The lowest BCUT2D eigenvalue weighted by molar-refractivity contribution is 0.121. The van der Waals surface area contributed by atoms with E-state index in [4.69, 9.17) is 4.74 Å². The molecule has 0 aromatic carbocycles. The summed E-state index contributed by atoms with van der Waals surface area (Å²) < 4.78 is 19.6. The highest BCUT2D eigenvalue weighted by Crippen LogP contribution is 2.24. The second kappa shape index (κ2) is 6.11. The molecule has 0 amide bonds. The van der Waals surface area contributed by atoms with Gasteiger partial charge in [-0.1, -0.05) is 6.92 Å². The summed E-state index contributed by atoms with van der Waals surface area (Å²) in [5.74, 6) is 0.236. The summed E-state index contributed by atoms with van der Waals surface area (Å²) in [5.41, 5.74) is 0.669. The Morgan fingerprint density at radius 1 is 1.61 bits per heavy atom. The minimum Gasteiger partial charge on any atom is -0.380 e. The summed E-state index contributed by atoms with van der Waals surface area (Å²) in [6, 6.07) is 1.73. The SMILES string of the molecule is CCNCc1ccnc(N2CCC(OC)C2)c1F. The first-order chi connectivity index (χ1) is 8.76. The predicted molar refractivity (Wildman–Crippen MR) is 69.2 cm³/mol. The van der Waals surface area contributed by atoms with Gasteiger partial charge in [0.1, 0.15) is 0 Å². The summed E-state index contributed by atoms with van der Waals surface area (Å²) in [5, 5.41) is 3.13. The average Bonchev–Trinajstić information content (AvgIpc) is 2.86. The molecule has 1 N–H and O–H groups in total. The van der Waals surface area contributed by atoms with Crippen molar-refractivity contribution < 1.29 is 9.13 Å². The predicted octanol–water partition coefficient (Wildman–Crippen LogP) is 1.56. The lowest BCUT2D eigenvalue weighted by Crippen LogP contribution is -2.25. The molecule has 1 aromatic heterocycles. The largest absolute Gasteiger partial charge is 0.380 e. The van der Waals surface area contributed by atoms with Gasteiger partial charge in [0.15, 0.2) is 11.6 Å². The van der Waals surface area contributed by atoms with Gasteiger partial charge in [-0.25, -0.2) is 9.37 Å². The van der Waals surface area contributed by atoms with E-state index in [0.717, 1.165) is 19.5 Å². The Bertz CT molecular complexity index is 400. The number of ether oxygens (including phenoxy) is 1. The maximum absolute atomic E-state index is 14.3. The molecule has 4 nitrogen and oxygen atoms in total. The molecular weight excluding hydrogens is 233 g/mol. The van der Waals surface area contributed by atoms with Crippen LogP contribution >= 0.6 is 0 Å². The van der Waals surface area contributed by atoms with Gasteiger partial charge in [0.2, 0.25) is 0 Å². The van der Waals surface area contributed by atoms with E-state index < -0.39 is 0 Å². The average molecular weight is 253 g/mol. The van der Waals surface area contributed by atoms with Gasteiger partial charge in [0, 0.05) is 38.5 Å². The Labute approximate surface area is 107 Å². The van der Waals surface area contributed by atoms with Crippen molar-refractivity contribution in [3.63, 3.8) is 0 Å². The van der Waals surface area contributed by atoms with E-state index in [0.29, 0.717) is 24.5 Å². The molecule has 18 heavy (non-hydrogen) atoms. The third-order valence-corrected chi connectivity index (χ3v) is 3.29. The molecule has 1 unspecified atom stereocenters. The molecule has 0 radical (unpaired) electrons. The zero-order chi connectivity index (χ0) is 13.0. The van der Waals surface area contributed by atoms with Crippen molar-refractivity contribution in [1.29, 1.82) is 0 Å². The molecule has 2 rings (SSSR count). The molecule has 100 valence electrons. The quantitative estimate of drug-likeness (QED) is 0.864. The van der Waals surface area contributed by atoms with E-state index in [1.54, 1.807) is 19.4 Å². The van der Waals surface area contributed by atoms with E-state index in [1.807, 2.05) is 11.8 Å². The van der Waals surface area contributed by atoms with Crippen LogP contribution in [0.15, 0.2) is 12.3 Å². The Morgan fingerprint density at radius 3 is 3.11 bits per heavy atom. The lowest BCUT2D eigenvalue weighted by atomic mass is 10.2. The molecule has 5 heteroatoms. The van der Waals surface area contributed by atoms with Crippen molar-refractivity contribution in [1.82, 2.24) is 10.3 Å². The van der Waals surface area contributed by atoms with Crippen LogP contribution in [0.3, 0.4) is 0 Å². The van der Waals surface area contributed by atoms with Crippen molar-refractivity contribution in [2.75, 3.05) is 31.6 Å². The Hall–Kier alpha value is -1.20. The van der Waals surface area contributed by atoms with Crippen LogP contribution in [0, 0.1) is 5.82 Å². The van der Waals surface area contributed by atoms with Gasteiger partial charge in [0.25, 0.3) is 0 Å². The second-order valence-corrected chi connectivity index (χ2v) is 4.48. The molecule has 0 saturated carbocycles. The molecule has 1 aliphatic heterocycles. The molecule has 2 heterocycles. The van der Waals surface area contributed by atoms with Gasteiger partial charge in [-0.3, -0.25) is 0 Å². The molecule has 0 aliphatic carbocycles. The van der Waals surface area contributed by atoms with Crippen molar-refractivity contribution in [3.05, 3.63) is 23.6 Å². The Balaban J connectivity index is 2.13. The van der Waals surface area contributed by atoms with E-state index >= 15 is 0 Å². The first kappa shape index (κ1) is 13.2.